The predicted molar refractivity (Wildman–Crippen MR) is 104 cm³/mol. The van der Waals surface area contributed by atoms with Crippen molar-refractivity contribution in [3.63, 3.8) is 0 Å². The van der Waals surface area contributed by atoms with Gasteiger partial charge in [0.2, 0.25) is 0 Å². The van der Waals surface area contributed by atoms with Gasteiger partial charge in [-0.25, -0.2) is 8.78 Å². The number of benzene rings is 2. The van der Waals surface area contributed by atoms with Gasteiger partial charge in [0.1, 0.15) is 5.75 Å². The molecule has 0 bridgehead atoms. The topological polar surface area (TPSA) is 29.9 Å². The van der Waals surface area contributed by atoms with Crippen LogP contribution < -0.4 is 4.74 Å². The Morgan fingerprint density at radius 3 is 2.74 bits per heavy atom. The fourth-order valence-corrected chi connectivity index (χ4v) is 4.29. The molecular weight excluding hydrogens is 390 g/mol. The van der Waals surface area contributed by atoms with Gasteiger partial charge in [-0.05, 0) is 61.3 Å². The molecule has 2 aromatic carbocycles. The summed E-state index contributed by atoms with van der Waals surface area (Å²) in [5.41, 5.74) is 3.54. The number of aryl methyl sites for hydroxylation is 1. The van der Waals surface area contributed by atoms with E-state index in [4.69, 9.17) is 28.6 Å². The molecule has 4 rings (SSSR count). The Morgan fingerprint density at radius 1 is 1.19 bits per heavy atom. The highest BCUT2D eigenvalue weighted by atomic mass is 35.5. The number of halogens is 3. The largest absolute Gasteiger partial charge is 0.495 e. The van der Waals surface area contributed by atoms with Gasteiger partial charge in [-0.1, -0.05) is 17.7 Å². The van der Waals surface area contributed by atoms with Crippen LogP contribution in [0, 0.1) is 16.4 Å². The van der Waals surface area contributed by atoms with E-state index in [2.05, 4.69) is 4.98 Å². The molecule has 27 heavy (non-hydrogen) atoms. The molecule has 1 aliphatic carbocycles. The van der Waals surface area contributed by atoms with Crippen LogP contribution in [-0.2, 0) is 6.42 Å². The fourth-order valence-electron chi connectivity index (χ4n) is 3.77. The van der Waals surface area contributed by atoms with Crippen LogP contribution in [0.25, 0.3) is 5.69 Å². The Balaban J connectivity index is 1.89. The molecule has 1 atom stereocenters. The van der Waals surface area contributed by atoms with E-state index >= 15 is 0 Å². The molecule has 1 N–H and O–H groups in total. The summed E-state index contributed by atoms with van der Waals surface area (Å²) in [7, 11) is 1.58. The van der Waals surface area contributed by atoms with Gasteiger partial charge in [-0.15, -0.1) is 0 Å². The fraction of sp³-hybridized carbons (Fsp3) is 0.250. The number of imidazole rings is 1. The summed E-state index contributed by atoms with van der Waals surface area (Å²) < 4.78 is 34.9. The number of methoxy groups -OCH3 is 1. The molecule has 0 radical (unpaired) electrons. The highest BCUT2D eigenvalue weighted by Gasteiger charge is 2.28. The molecule has 0 saturated carbocycles. The highest BCUT2D eigenvalue weighted by Crippen LogP contribution is 2.40. The molecule has 0 amide bonds. The van der Waals surface area contributed by atoms with E-state index in [1.807, 2.05) is 18.2 Å². The van der Waals surface area contributed by atoms with E-state index in [0.717, 1.165) is 42.3 Å². The average molecular weight is 407 g/mol. The first-order valence-electron chi connectivity index (χ1n) is 8.62. The summed E-state index contributed by atoms with van der Waals surface area (Å²) in [5.74, 6) is -1.13. The van der Waals surface area contributed by atoms with E-state index in [0.29, 0.717) is 21.2 Å². The zero-order valence-electron chi connectivity index (χ0n) is 14.6. The summed E-state index contributed by atoms with van der Waals surface area (Å²) in [4.78, 5) is 3.24. The van der Waals surface area contributed by atoms with Gasteiger partial charge in [0.05, 0.1) is 23.5 Å². The molecule has 140 valence electrons. The molecule has 1 heterocycles. The van der Waals surface area contributed by atoms with Crippen molar-refractivity contribution in [2.24, 2.45) is 0 Å². The molecule has 1 unspecified atom stereocenters. The van der Waals surface area contributed by atoms with E-state index in [1.54, 1.807) is 11.7 Å². The molecule has 0 saturated heterocycles. The quantitative estimate of drug-likeness (QED) is 0.545. The van der Waals surface area contributed by atoms with Crippen LogP contribution in [0.5, 0.6) is 5.75 Å². The number of hydrogen-bond donors (Lipinski definition) is 1. The standard InChI is InChI=1S/C20H17ClF2N2OS/c1-26-18-9-11(5-7-14(18)21)13-3-2-4-17-19(13)25(20(27)24-17)12-6-8-15(22)16(23)10-12/h5-10,13H,2-4H2,1H3,(H,24,27). The average Bonchev–Trinajstić information content (AvgIpc) is 3.00. The molecule has 3 aromatic rings. The number of aromatic nitrogens is 2. The maximum Gasteiger partial charge on any atom is 0.182 e. The minimum Gasteiger partial charge on any atom is -0.495 e. The predicted octanol–water partition coefficient (Wildman–Crippen LogP) is 5.94. The van der Waals surface area contributed by atoms with Crippen molar-refractivity contribution in [1.29, 1.82) is 0 Å². The SMILES string of the molecule is COc1cc(C2CCCc3[nH]c(=S)n(-c4ccc(F)c(F)c4)c32)ccc1Cl. The Bertz CT molecular complexity index is 1080. The van der Waals surface area contributed by atoms with Gasteiger partial charge in [-0.3, -0.25) is 4.57 Å². The normalized spacial score (nSPS) is 16.2. The molecule has 3 nitrogen and oxygen atoms in total. The van der Waals surface area contributed by atoms with Crippen molar-refractivity contribution in [3.8, 4) is 11.4 Å². The second-order valence-corrected chi connectivity index (χ2v) is 7.36. The summed E-state index contributed by atoms with van der Waals surface area (Å²) in [6.45, 7) is 0. The lowest BCUT2D eigenvalue weighted by molar-refractivity contribution is 0.414. The summed E-state index contributed by atoms with van der Waals surface area (Å²) in [6, 6.07) is 9.54. The molecule has 1 aliphatic rings. The Morgan fingerprint density at radius 2 is 2.00 bits per heavy atom. The van der Waals surface area contributed by atoms with Crippen molar-refractivity contribution in [2.45, 2.75) is 25.2 Å². The van der Waals surface area contributed by atoms with E-state index in [-0.39, 0.29) is 5.92 Å². The van der Waals surface area contributed by atoms with Crippen LogP contribution in [0.4, 0.5) is 8.78 Å². The third kappa shape index (κ3) is 3.17. The molecule has 0 aliphatic heterocycles. The van der Waals surface area contributed by atoms with Crippen molar-refractivity contribution in [1.82, 2.24) is 9.55 Å². The van der Waals surface area contributed by atoms with E-state index in [1.165, 1.54) is 12.1 Å². The number of H-pyrrole nitrogens is 1. The van der Waals surface area contributed by atoms with Crippen LogP contribution in [0.15, 0.2) is 36.4 Å². The number of hydrogen-bond acceptors (Lipinski definition) is 2. The minimum absolute atomic E-state index is 0.0426. The third-order valence-corrected chi connectivity index (χ3v) is 5.60. The van der Waals surface area contributed by atoms with Crippen molar-refractivity contribution < 1.29 is 13.5 Å². The van der Waals surface area contributed by atoms with Crippen molar-refractivity contribution >= 4 is 23.8 Å². The van der Waals surface area contributed by atoms with E-state index < -0.39 is 11.6 Å². The summed E-state index contributed by atoms with van der Waals surface area (Å²) in [6.07, 6.45) is 2.76. The Kier molecular flexibility index (Phi) is 4.78. The molecular formula is C20H17ClF2N2OS. The van der Waals surface area contributed by atoms with Gasteiger partial charge in [0, 0.05) is 17.7 Å². The molecule has 1 aromatic heterocycles. The summed E-state index contributed by atoms with van der Waals surface area (Å²) >= 11 is 11.7. The van der Waals surface area contributed by atoms with Crippen LogP contribution in [0.1, 0.15) is 35.7 Å². The number of nitrogens with zero attached hydrogens (tertiary/aromatic N) is 1. The lowest BCUT2D eigenvalue weighted by atomic mass is 9.84. The number of rotatable bonds is 3. The molecule has 0 spiro atoms. The van der Waals surface area contributed by atoms with Crippen LogP contribution in [0.2, 0.25) is 5.02 Å². The van der Waals surface area contributed by atoms with Crippen LogP contribution in [0.3, 0.4) is 0 Å². The third-order valence-electron chi connectivity index (χ3n) is 5.00. The maximum absolute atomic E-state index is 13.8. The van der Waals surface area contributed by atoms with Gasteiger partial charge in [0.25, 0.3) is 0 Å². The Labute approximate surface area is 165 Å². The number of fused-ring (bicyclic) bond motifs is 1. The number of aromatic amines is 1. The Hall–Kier alpha value is -2.18. The first-order chi connectivity index (χ1) is 13.0. The first kappa shape index (κ1) is 18.2. The maximum atomic E-state index is 13.8. The molecule has 7 heteroatoms. The lowest BCUT2D eigenvalue weighted by Crippen LogP contribution is -2.15. The van der Waals surface area contributed by atoms with Crippen LogP contribution in [-0.4, -0.2) is 16.7 Å². The minimum atomic E-state index is -0.898. The number of nitrogens with one attached hydrogen (secondary N) is 1. The lowest BCUT2D eigenvalue weighted by Gasteiger charge is -2.25. The second kappa shape index (κ2) is 7.09. The number of ether oxygens (including phenoxy) is 1. The van der Waals surface area contributed by atoms with Crippen LogP contribution >= 0.6 is 23.8 Å². The van der Waals surface area contributed by atoms with Crippen molar-refractivity contribution in [2.75, 3.05) is 7.11 Å². The first-order valence-corrected chi connectivity index (χ1v) is 9.41. The second-order valence-electron chi connectivity index (χ2n) is 6.57. The van der Waals surface area contributed by atoms with Gasteiger partial charge in [0.15, 0.2) is 16.4 Å². The zero-order chi connectivity index (χ0) is 19.1. The van der Waals surface area contributed by atoms with Gasteiger partial charge in [-0.2, -0.15) is 0 Å². The smallest absolute Gasteiger partial charge is 0.182 e. The van der Waals surface area contributed by atoms with E-state index in [9.17, 15) is 8.78 Å². The highest BCUT2D eigenvalue weighted by molar-refractivity contribution is 7.71. The molecule has 0 fully saturated rings. The van der Waals surface area contributed by atoms with Gasteiger partial charge >= 0.3 is 0 Å². The zero-order valence-corrected chi connectivity index (χ0v) is 16.1. The van der Waals surface area contributed by atoms with Gasteiger partial charge < -0.3 is 9.72 Å². The summed E-state index contributed by atoms with van der Waals surface area (Å²) in [5, 5.41) is 0.545. The monoisotopic (exact) mass is 406 g/mol. The van der Waals surface area contributed by atoms with Crippen molar-refractivity contribution in [3.05, 3.63) is 74.8 Å².